The number of carbonyl (C=O) groups is 2. The average Bonchev–Trinajstić information content (AvgIpc) is 3.31. The van der Waals surface area contributed by atoms with Gasteiger partial charge in [0.05, 0.1) is 0 Å². The molecule has 6 heteroatoms. The number of nitrogens with zero attached hydrogens (tertiary/aromatic N) is 1. The van der Waals surface area contributed by atoms with Gasteiger partial charge in [-0.1, -0.05) is 12.1 Å². The zero-order valence-electron chi connectivity index (χ0n) is 11.3. The third kappa shape index (κ3) is 2.75. The molecule has 0 radical (unpaired) electrons. The van der Waals surface area contributed by atoms with Crippen LogP contribution in [0, 0.1) is 17.6 Å². The number of benzene rings is 1. The highest BCUT2D eigenvalue weighted by Crippen LogP contribution is 2.50. The normalized spacial score (nSPS) is 23.7. The predicted octanol–water partition coefficient (Wildman–Crippen LogP) is 2.14. The topological polar surface area (TPSA) is 57.6 Å². The van der Waals surface area contributed by atoms with Gasteiger partial charge in [0.2, 0.25) is 5.91 Å². The van der Waals surface area contributed by atoms with Gasteiger partial charge in [0, 0.05) is 12.0 Å². The van der Waals surface area contributed by atoms with Gasteiger partial charge in [0.1, 0.15) is 6.54 Å². The van der Waals surface area contributed by atoms with Gasteiger partial charge in [-0.3, -0.25) is 9.59 Å². The summed E-state index contributed by atoms with van der Waals surface area (Å²) in [4.78, 5) is 24.6. The van der Waals surface area contributed by atoms with Gasteiger partial charge < -0.3 is 10.0 Å². The maximum atomic E-state index is 13.7. The van der Waals surface area contributed by atoms with Crippen LogP contribution in [0.1, 0.15) is 30.7 Å². The summed E-state index contributed by atoms with van der Waals surface area (Å²) in [5.41, 5.74) is 0.208. The van der Waals surface area contributed by atoms with Crippen LogP contribution in [-0.4, -0.2) is 34.5 Å². The molecule has 2 aliphatic rings. The van der Waals surface area contributed by atoms with Gasteiger partial charge in [-0.15, -0.1) is 0 Å². The van der Waals surface area contributed by atoms with E-state index in [0.29, 0.717) is 6.42 Å². The van der Waals surface area contributed by atoms with Crippen molar-refractivity contribution >= 4 is 11.9 Å². The Balaban J connectivity index is 1.73. The summed E-state index contributed by atoms with van der Waals surface area (Å²) in [6, 6.07) is 3.93. The standard InChI is InChI=1S/C15H15F2NO3/c16-12-3-1-2-9(14(12)17)10-6-11(10)15(21)18(7-13(19)20)8-4-5-8/h1-3,8,10-11H,4-7H2,(H,19,20). The Hall–Kier alpha value is -1.98. The van der Waals surface area contributed by atoms with E-state index in [9.17, 15) is 18.4 Å². The molecule has 0 spiro atoms. The van der Waals surface area contributed by atoms with Crippen LogP contribution >= 0.6 is 0 Å². The highest BCUT2D eigenvalue weighted by molar-refractivity contribution is 5.86. The van der Waals surface area contributed by atoms with Crippen molar-refractivity contribution in [3.05, 3.63) is 35.4 Å². The van der Waals surface area contributed by atoms with Crippen molar-refractivity contribution in [1.82, 2.24) is 4.90 Å². The zero-order valence-corrected chi connectivity index (χ0v) is 11.3. The minimum atomic E-state index is -1.05. The number of carbonyl (C=O) groups excluding carboxylic acids is 1. The molecular weight excluding hydrogens is 280 g/mol. The Morgan fingerprint density at radius 1 is 1.29 bits per heavy atom. The van der Waals surface area contributed by atoms with Crippen LogP contribution in [0.4, 0.5) is 8.78 Å². The van der Waals surface area contributed by atoms with E-state index in [1.54, 1.807) is 0 Å². The molecule has 3 rings (SSSR count). The molecule has 2 unspecified atom stereocenters. The van der Waals surface area contributed by atoms with Gasteiger partial charge in [-0.2, -0.15) is 0 Å². The smallest absolute Gasteiger partial charge is 0.323 e. The number of aliphatic carboxylic acids is 1. The number of hydrogen-bond donors (Lipinski definition) is 1. The number of halogens is 2. The predicted molar refractivity (Wildman–Crippen MR) is 69.6 cm³/mol. The Bertz CT molecular complexity index is 601. The molecule has 2 fully saturated rings. The molecule has 0 heterocycles. The van der Waals surface area contributed by atoms with Gasteiger partial charge in [-0.05, 0) is 36.8 Å². The van der Waals surface area contributed by atoms with Gasteiger partial charge in [-0.25, -0.2) is 8.78 Å². The molecule has 1 aromatic rings. The van der Waals surface area contributed by atoms with E-state index in [4.69, 9.17) is 5.11 Å². The Morgan fingerprint density at radius 3 is 2.62 bits per heavy atom. The molecule has 1 amide bonds. The summed E-state index contributed by atoms with van der Waals surface area (Å²) in [6.45, 7) is -0.321. The molecule has 2 aliphatic carbocycles. The van der Waals surface area contributed by atoms with Crippen LogP contribution in [-0.2, 0) is 9.59 Å². The number of rotatable bonds is 5. The monoisotopic (exact) mass is 295 g/mol. The maximum absolute atomic E-state index is 13.7. The lowest BCUT2D eigenvalue weighted by Gasteiger charge is -2.20. The molecule has 2 atom stereocenters. The van der Waals surface area contributed by atoms with Crippen molar-refractivity contribution in [2.75, 3.05) is 6.54 Å². The summed E-state index contributed by atoms with van der Waals surface area (Å²) in [7, 11) is 0. The van der Waals surface area contributed by atoms with Crippen molar-refractivity contribution in [2.24, 2.45) is 5.92 Å². The SMILES string of the molecule is O=C(O)CN(C(=O)C1CC1c1cccc(F)c1F)C1CC1. The summed E-state index contributed by atoms with van der Waals surface area (Å²) >= 11 is 0. The Kier molecular flexibility index (Phi) is 3.39. The molecule has 1 N–H and O–H groups in total. The molecule has 21 heavy (non-hydrogen) atoms. The first kappa shape index (κ1) is 14.0. The van der Waals surface area contributed by atoms with Crippen molar-refractivity contribution in [3.63, 3.8) is 0 Å². The first-order valence-corrected chi connectivity index (χ1v) is 6.95. The third-order valence-corrected chi connectivity index (χ3v) is 4.06. The second-order valence-corrected chi connectivity index (χ2v) is 5.68. The summed E-state index contributed by atoms with van der Waals surface area (Å²) in [5.74, 6) is -3.91. The van der Waals surface area contributed by atoms with Crippen molar-refractivity contribution < 1.29 is 23.5 Å². The molecule has 0 bridgehead atoms. The first-order valence-electron chi connectivity index (χ1n) is 6.95. The van der Waals surface area contributed by atoms with Crippen LogP contribution in [0.3, 0.4) is 0 Å². The van der Waals surface area contributed by atoms with Gasteiger partial charge in [0.15, 0.2) is 11.6 Å². The summed E-state index contributed by atoms with van der Waals surface area (Å²) in [5, 5.41) is 8.87. The van der Waals surface area contributed by atoms with Crippen molar-refractivity contribution in [3.8, 4) is 0 Å². The van der Waals surface area contributed by atoms with E-state index in [1.165, 1.54) is 17.0 Å². The van der Waals surface area contributed by atoms with Crippen LogP contribution in [0.25, 0.3) is 0 Å². The van der Waals surface area contributed by atoms with Crippen LogP contribution < -0.4 is 0 Å². The van der Waals surface area contributed by atoms with E-state index in [2.05, 4.69) is 0 Å². The van der Waals surface area contributed by atoms with E-state index in [1.807, 2.05) is 0 Å². The highest BCUT2D eigenvalue weighted by Gasteiger charge is 2.49. The number of amides is 1. The van der Waals surface area contributed by atoms with Crippen LogP contribution in [0.2, 0.25) is 0 Å². The molecule has 112 valence electrons. The number of hydrogen-bond acceptors (Lipinski definition) is 2. The van der Waals surface area contributed by atoms with E-state index in [-0.39, 0.29) is 30.0 Å². The maximum Gasteiger partial charge on any atom is 0.323 e. The molecule has 1 aromatic carbocycles. The van der Waals surface area contributed by atoms with E-state index in [0.717, 1.165) is 18.9 Å². The summed E-state index contributed by atoms with van der Waals surface area (Å²) < 4.78 is 26.9. The number of carboxylic acids is 1. The van der Waals surface area contributed by atoms with Gasteiger partial charge >= 0.3 is 5.97 Å². The Morgan fingerprint density at radius 2 is 2.00 bits per heavy atom. The fourth-order valence-corrected chi connectivity index (χ4v) is 2.75. The van der Waals surface area contributed by atoms with Gasteiger partial charge in [0.25, 0.3) is 0 Å². The second-order valence-electron chi connectivity index (χ2n) is 5.68. The van der Waals surface area contributed by atoms with E-state index >= 15 is 0 Å². The minimum absolute atomic E-state index is 0.00722. The zero-order chi connectivity index (χ0) is 15.1. The Labute approximate surface area is 120 Å². The lowest BCUT2D eigenvalue weighted by Crippen LogP contribution is -2.38. The molecule has 0 saturated heterocycles. The lowest BCUT2D eigenvalue weighted by molar-refractivity contribution is -0.145. The lowest BCUT2D eigenvalue weighted by atomic mass is 10.1. The summed E-state index contributed by atoms with van der Waals surface area (Å²) in [6.07, 6.45) is 2.07. The van der Waals surface area contributed by atoms with Crippen LogP contribution in [0.5, 0.6) is 0 Å². The molecule has 0 aliphatic heterocycles. The van der Waals surface area contributed by atoms with Crippen molar-refractivity contribution in [1.29, 1.82) is 0 Å². The first-order chi connectivity index (χ1) is 9.99. The second kappa shape index (κ2) is 5.09. The minimum Gasteiger partial charge on any atom is -0.480 e. The quantitative estimate of drug-likeness (QED) is 0.905. The molecular formula is C15H15F2NO3. The largest absolute Gasteiger partial charge is 0.480 e. The molecule has 2 saturated carbocycles. The van der Waals surface area contributed by atoms with Crippen LogP contribution in [0.15, 0.2) is 18.2 Å². The third-order valence-electron chi connectivity index (χ3n) is 4.06. The van der Waals surface area contributed by atoms with E-state index < -0.39 is 23.5 Å². The molecule has 0 aromatic heterocycles. The average molecular weight is 295 g/mol. The van der Waals surface area contributed by atoms with Crippen molar-refractivity contribution in [2.45, 2.75) is 31.2 Å². The molecule has 4 nitrogen and oxygen atoms in total. The fraction of sp³-hybridized carbons (Fsp3) is 0.467. The number of carboxylic acid groups (broad SMARTS) is 1. The highest BCUT2D eigenvalue weighted by atomic mass is 19.2. The fourth-order valence-electron chi connectivity index (χ4n) is 2.75.